The lowest BCUT2D eigenvalue weighted by atomic mass is 9.95. The normalized spacial score (nSPS) is 24.3. The molecule has 19 heavy (non-hydrogen) atoms. The molecule has 1 N–H and O–H groups in total. The van der Waals surface area contributed by atoms with Crippen LogP contribution in [0.4, 0.5) is 0 Å². The van der Waals surface area contributed by atoms with Crippen LogP contribution in [-0.2, 0) is 9.84 Å². The van der Waals surface area contributed by atoms with Crippen LogP contribution in [-0.4, -0.2) is 26.3 Å². The lowest BCUT2D eigenvalue weighted by Crippen LogP contribution is -2.38. The van der Waals surface area contributed by atoms with Gasteiger partial charge in [0.15, 0.2) is 9.84 Å². The van der Waals surface area contributed by atoms with Crippen LogP contribution < -0.4 is 5.32 Å². The standard InChI is InChI=1S/C14H20BrNO2S/c1-2-16-12-6-4-8-14(10-12)19(17,18)13-7-3-5-11(15)9-13/h3,5,7,9,12,14,16H,2,4,6,8,10H2,1H3. The fourth-order valence-electron chi connectivity index (χ4n) is 2.74. The van der Waals surface area contributed by atoms with Crippen LogP contribution in [0.1, 0.15) is 32.6 Å². The molecule has 2 rings (SSSR count). The fourth-order valence-corrected chi connectivity index (χ4v) is 5.20. The van der Waals surface area contributed by atoms with Crippen molar-refractivity contribution < 1.29 is 8.42 Å². The number of hydrogen-bond acceptors (Lipinski definition) is 3. The first-order chi connectivity index (χ1) is 9.04. The first-order valence-corrected chi connectivity index (χ1v) is 9.11. The number of nitrogens with one attached hydrogen (secondary N) is 1. The second kappa shape index (κ2) is 6.37. The van der Waals surface area contributed by atoms with Crippen LogP contribution in [0.3, 0.4) is 0 Å². The van der Waals surface area contributed by atoms with E-state index in [4.69, 9.17) is 0 Å². The van der Waals surface area contributed by atoms with Gasteiger partial charge in [-0.1, -0.05) is 35.3 Å². The van der Waals surface area contributed by atoms with Crippen LogP contribution in [0.5, 0.6) is 0 Å². The highest BCUT2D eigenvalue weighted by molar-refractivity contribution is 9.10. The molecule has 0 radical (unpaired) electrons. The molecule has 0 aromatic heterocycles. The summed E-state index contributed by atoms with van der Waals surface area (Å²) in [5, 5.41) is 3.13. The van der Waals surface area contributed by atoms with Crippen molar-refractivity contribution in [3.63, 3.8) is 0 Å². The van der Waals surface area contributed by atoms with E-state index < -0.39 is 9.84 Å². The number of benzene rings is 1. The minimum Gasteiger partial charge on any atom is -0.314 e. The molecule has 3 nitrogen and oxygen atoms in total. The highest BCUT2D eigenvalue weighted by atomic mass is 79.9. The molecular weight excluding hydrogens is 326 g/mol. The Kier molecular flexibility index (Phi) is 5.03. The summed E-state index contributed by atoms with van der Waals surface area (Å²) in [5.74, 6) is 0. The molecule has 1 aliphatic carbocycles. The lowest BCUT2D eigenvalue weighted by Gasteiger charge is -2.29. The maximum Gasteiger partial charge on any atom is 0.181 e. The quantitative estimate of drug-likeness (QED) is 0.911. The van der Waals surface area contributed by atoms with Gasteiger partial charge in [-0.25, -0.2) is 8.42 Å². The van der Waals surface area contributed by atoms with Crippen molar-refractivity contribution in [2.24, 2.45) is 0 Å². The third-order valence-electron chi connectivity index (χ3n) is 3.68. The Balaban J connectivity index is 2.19. The first kappa shape index (κ1) is 15.0. The summed E-state index contributed by atoms with van der Waals surface area (Å²) in [7, 11) is -3.21. The van der Waals surface area contributed by atoms with Gasteiger partial charge in [-0.2, -0.15) is 0 Å². The molecule has 2 atom stereocenters. The third-order valence-corrected chi connectivity index (χ3v) is 6.39. The number of hydrogen-bond donors (Lipinski definition) is 1. The monoisotopic (exact) mass is 345 g/mol. The molecule has 0 amide bonds. The van der Waals surface area contributed by atoms with Crippen molar-refractivity contribution in [1.29, 1.82) is 0 Å². The van der Waals surface area contributed by atoms with Gasteiger partial charge in [-0.15, -0.1) is 0 Å². The molecular formula is C14H20BrNO2S. The molecule has 1 saturated carbocycles. The summed E-state index contributed by atoms with van der Waals surface area (Å²) in [4.78, 5) is 0.434. The Bertz CT molecular complexity index is 528. The predicted octanol–water partition coefficient (Wildman–Crippen LogP) is 3.14. The van der Waals surface area contributed by atoms with Crippen LogP contribution in [0.15, 0.2) is 33.6 Å². The van der Waals surface area contributed by atoms with Crippen molar-refractivity contribution in [1.82, 2.24) is 5.32 Å². The van der Waals surface area contributed by atoms with E-state index in [9.17, 15) is 8.42 Å². The van der Waals surface area contributed by atoms with Crippen LogP contribution in [0.25, 0.3) is 0 Å². The van der Waals surface area contributed by atoms with E-state index in [0.29, 0.717) is 10.9 Å². The fraction of sp³-hybridized carbons (Fsp3) is 0.571. The number of rotatable bonds is 4. The molecule has 106 valence electrons. The molecule has 1 aliphatic rings. The zero-order valence-electron chi connectivity index (χ0n) is 11.1. The molecule has 1 aromatic carbocycles. The maximum absolute atomic E-state index is 12.6. The summed E-state index contributed by atoms with van der Waals surface area (Å²) in [6.07, 6.45) is 3.56. The Morgan fingerprint density at radius 1 is 1.37 bits per heavy atom. The molecule has 0 spiro atoms. The summed E-state index contributed by atoms with van der Waals surface area (Å²) >= 11 is 3.34. The zero-order chi connectivity index (χ0) is 13.9. The van der Waals surface area contributed by atoms with E-state index in [1.54, 1.807) is 18.2 Å². The van der Waals surface area contributed by atoms with Gasteiger partial charge in [0.05, 0.1) is 10.1 Å². The van der Waals surface area contributed by atoms with Gasteiger partial charge in [-0.3, -0.25) is 0 Å². The van der Waals surface area contributed by atoms with E-state index in [2.05, 4.69) is 28.2 Å². The van der Waals surface area contributed by atoms with Crippen LogP contribution >= 0.6 is 15.9 Å². The molecule has 2 unspecified atom stereocenters. The van der Waals surface area contributed by atoms with Crippen molar-refractivity contribution in [3.8, 4) is 0 Å². The van der Waals surface area contributed by atoms with Gasteiger partial charge in [0.2, 0.25) is 0 Å². The Morgan fingerprint density at radius 3 is 2.84 bits per heavy atom. The Hall–Kier alpha value is -0.390. The summed E-state index contributed by atoms with van der Waals surface area (Å²) in [6.45, 7) is 2.96. The van der Waals surface area contributed by atoms with E-state index in [0.717, 1.165) is 36.7 Å². The van der Waals surface area contributed by atoms with E-state index in [-0.39, 0.29) is 5.25 Å². The topological polar surface area (TPSA) is 46.2 Å². The average molecular weight is 346 g/mol. The number of halogens is 1. The summed E-state index contributed by atoms with van der Waals surface area (Å²) in [6, 6.07) is 7.36. The van der Waals surface area contributed by atoms with E-state index in [1.807, 2.05) is 6.07 Å². The largest absolute Gasteiger partial charge is 0.314 e. The molecule has 0 bridgehead atoms. The number of sulfone groups is 1. The second-order valence-corrected chi connectivity index (χ2v) is 8.19. The van der Waals surface area contributed by atoms with Gasteiger partial charge < -0.3 is 5.32 Å². The Labute approximate surface area is 123 Å². The van der Waals surface area contributed by atoms with Crippen LogP contribution in [0, 0.1) is 0 Å². The smallest absolute Gasteiger partial charge is 0.181 e. The minimum absolute atomic E-state index is 0.250. The maximum atomic E-state index is 12.6. The highest BCUT2D eigenvalue weighted by Gasteiger charge is 2.32. The average Bonchev–Trinajstić information content (AvgIpc) is 2.39. The highest BCUT2D eigenvalue weighted by Crippen LogP contribution is 2.29. The van der Waals surface area contributed by atoms with Crippen molar-refractivity contribution in [2.75, 3.05) is 6.54 Å². The Morgan fingerprint density at radius 2 is 2.16 bits per heavy atom. The zero-order valence-corrected chi connectivity index (χ0v) is 13.5. The first-order valence-electron chi connectivity index (χ1n) is 6.77. The molecule has 5 heteroatoms. The minimum atomic E-state index is -3.21. The molecule has 1 aromatic rings. The predicted molar refractivity (Wildman–Crippen MR) is 81.0 cm³/mol. The van der Waals surface area contributed by atoms with Gasteiger partial charge in [0.1, 0.15) is 0 Å². The van der Waals surface area contributed by atoms with Gasteiger partial charge >= 0.3 is 0 Å². The van der Waals surface area contributed by atoms with E-state index in [1.165, 1.54) is 0 Å². The van der Waals surface area contributed by atoms with Gasteiger partial charge in [0.25, 0.3) is 0 Å². The van der Waals surface area contributed by atoms with Crippen molar-refractivity contribution >= 4 is 25.8 Å². The summed E-state index contributed by atoms with van der Waals surface area (Å²) in [5.41, 5.74) is 0. The molecule has 1 fully saturated rings. The van der Waals surface area contributed by atoms with Gasteiger partial charge in [0, 0.05) is 10.5 Å². The van der Waals surface area contributed by atoms with Crippen molar-refractivity contribution in [3.05, 3.63) is 28.7 Å². The lowest BCUT2D eigenvalue weighted by molar-refractivity contribution is 0.377. The molecule has 0 aliphatic heterocycles. The van der Waals surface area contributed by atoms with E-state index >= 15 is 0 Å². The van der Waals surface area contributed by atoms with Crippen LogP contribution in [0.2, 0.25) is 0 Å². The van der Waals surface area contributed by atoms with Crippen molar-refractivity contribution in [2.45, 2.75) is 48.8 Å². The molecule has 0 heterocycles. The van der Waals surface area contributed by atoms with Gasteiger partial charge in [-0.05, 0) is 44.0 Å². The summed E-state index contributed by atoms with van der Waals surface area (Å²) < 4.78 is 26.1. The second-order valence-electron chi connectivity index (χ2n) is 5.05. The SMILES string of the molecule is CCNC1CCCC(S(=O)(=O)c2cccc(Br)c2)C1. The third kappa shape index (κ3) is 3.58. The molecule has 0 saturated heterocycles.